The molecule has 5 rings (SSSR count). The normalized spacial score (nSPS) is 14.3. The second kappa shape index (κ2) is 10.2. The highest BCUT2D eigenvalue weighted by Crippen LogP contribution is 2.24. The largest absolute Gasteiger partial charge is 0.467 e. The zero-order valence-electron chi connectivity index (χ0n) is 20.1. The number of para-hydroxylation sites is 1. The lowest BCUT2D eigenvalue weighted by atomic mass is 10.1. The molecule has 1 fully saturated rings. The molecule has 36 heavy (non-hydrogen) atoms. The van der Waals surface area contributed by atoms with E-state index in [1.807, 2.05) is 52.8 Å². The van der Waals surface area contributed by atoms with Crippen molar-refractivity contribution in [3.05, 3.63) is 82.8 Å². The number of furan rings is 1. The minimum atomic E-state index is -0.251. The van der Waals surface area contributed by atoms with Crippen molar-refractivity contribution >= 4 is 11.8 Å². The van der Waals surface area contributed by atoms with E-state index in [-0.39, 0.29) is 23.9 Å². The van der Waals surface area contributed by atoms with Gasteiger partial charge in [0.25, 0.3) is 11.5 Å². The molecule has 1 aromatic carbocycles. The van der Waals surface area contributed by atoms with Crippen molar-refractivity contribution in [1.29, 1.82) is 0 Å². The SMILES string of the molecule is CCn1cc(C(=O)N2CCN(CC(=O)NCc3ccco3)CC2)c2nn(-c3ccccc3)c(=O)c-2c1. The van der Waals surface area contributed by atoms with Crippen LogP contribution >= 0.6 is 0 Å². The molecule has 0 spiro atoms. The average Bonchev–Trinajstić information content (AvgIpc) is 3.55. The van der Waals surface area contributed by atoms with E-state index in [1.54, 1.807) is 29.6 Å². The smallest absolute Gasteiger partial charge is 0.282 e. The van der Waals surface area contributed by atoms with Gasteiger partial charge >= 0.3 is 0 Å². The summed E-state index contributed by atoms with van der Waals surface area (Å²) < 4.78 is 8.43. The number of aromatic nitrogens is 3. The van der Waals surface area contributed by atoms with Crippen LogP contribution in [0.15, 0.2) is 70.3 Å². The monoisotopic (exact) mass is 488 g/mol. The number of hydrogen-bond acceptors (Lipinski definition) is 6. The first-order valence-corrected chi connectivity index (χ1v) is 12.0. The van der Waals surface area contributed by atoms with Crippen molar-refractivity contribution in [2.24, 2.45) is 0 Å². The molecule has 10 nitrogen and oxygen atoms in total. The van der Waals surface area contributed by atoms with Crippen LogP contribution in [0.25, 0.3) is 16.9 Å². The summed E-state index contributed by atoms with van der Waals surface area (Å²) in [7, 11) is 0. The summed E-state index contributed by atoms with van der Waals surface area (Å²) >= 11 is 0. The van der Waals surface area contributed by atoms with Gasteiger partial charge in [0.1, 0.15) is 11.5 Å². The number of aryl methyl sites for hydroxylation is 1. The minimum absolute atomic E-state index is 0.0886. The maximum absolute atomic E-state index is 13.6. The van der Waals surface area contributed by atoms with Crippen LogP contribution in [0.1, 0.15) is 23.0 Å². The van der Waals surface area contributed by atoms with E-state index in [0.29, 0.717) is 67.5 Å². The maximum Gasteiger partial charge on any atom is 0.282 e. The van der Waals surface area contributed by atoms with Gasteiger partial charge in [0, 0.05) is 45.1 Å². The Morgan fingerprint density at radius 2 is 1.81 bits per heavy atom. The molecule has 1 saturated heterocycles. The van der Waals surface area contributed by atoms with E-state index in [0.717, 1.165) is 0 Å². The van der Waals surface area contributed by atoms with Crippen LogP contribution in [0.4, 0.5) is 0 Å². The number of hydrogen-bond donors (Lipinski definition) is 1. The molecule has 2 amide bonds. The third-order valence-corrected chi connectivity index (χ3v) is 6.39. The second-order valence-electron chi connectivity index (χ2n) is 8.74. The summed E-state index contributed by atoms with van der Waals surface area (Å²) in [4.78, 5) is 42.8. The number of carbonyl (C=O) groups excluding carboxylic acids is 2. The maximum atomic E-state index is 13.6. The number of nitrogens with one attached hydrogen (secondary N) is 1. The standard InChI is InChI=1S/C26H28N6O4/c1-2-29-16-21(24-22(17-29)26(35)32(28-24)19-7-4-3-5-8-19)25(34)31-12-10-30(11-13-31)18-23(33)27-15-20-9-6-14-36-20/h3-9,14,16-17H,2,10-13,15,18H2,1H3,(H,27,33). The lowest BCUT2D eigenvalue weighted by molar-refractivity contribution is -0.122. The molecule has 1 aromatic heterocycles. The first-order chi connectivity index (χ1) is 17.5. The van der Waals surface area contributed by atoms with Crippen LogP contribution in [0.5, 0.6) is 0 Å². The molecule has 0 aliphatic carbocycles. The Bertz CT molecular complexity index is 1370. The van der Waals surface area contributed by atoms with Crippen molar-refractivity contribution in [3.8, 4) is 16.9 Å². The van der Waals surface area contributed by atoms with Crippen LogP contribution in [-0.2, 0) is 17.9 Å². The molecule has 0 atom stereocenters. The highest BCUT2D eigenvalue weighted by Gasteiger charge is 2.29. The van der Waals surface area contributed by atoms with Crippen LogP contribution < -0.4 is 10.9 Å². The third kappa shape index (κ3) is 4.80. The predicted molar refractivity (Wildman–Crippen MR) is 133 cm³/mol. The number of amides is 2. The highest BCUT2D eigenvalue weighted by molar-refractivity contribution is 6.00. The molecular weight excluding hydrogens is 460 g/mol. The fraction of sp³-hybridized carbons (Fsp3) is 0.308. The zero-order valence-corrected chi connectivity index (χ0v) is 20.1. The number of fused-ring (bicyclic) bond motifs is 1. The number of benzene rings is 1. The van der Waals surface area contributed by atoms with Gasteiger partial charge in [-0.15, -0.1) is 0 Å². The molecule has 2 aromatic rings. The van der Waals surface area contributed by atoms with Crippen molar-refractivity contribution in [3.63, 3.8) is 0 Å². The first kappa shape index (κ1) is 23.6. The Morgan fingerprint density at radius 1 is 1.03 bits per heavy atom. The van der Waals surface area contributed by atoms with Crippen molar-refractivity contribution in [2.45, 2.75) is 20.0 Å². The van der Waals surface area contributed by atoms with Crippen molar-refractivity contribution in [2.75, 3.05) is 32.7 Å². The molecule has 3 aliphatic heterocycles. The van der Waals surface area contributed by atoms with E-state index in [2.05, 4.69) is 10.4 Å². The molecule has 10 heteroatoms. The summed E-state index contributed by atoms with van der Waals surface area (Å²) in [5.74, 6) is 0.449. The van der Waals surface area contributed by atoms with Gasteiger partial charge in [-0.1, -0.05) is 18.2 Å². The Hall–Kier alpha value is -4.18. The molecule has 1 N–H and O–H groups in total. The van der Waals surface area contributed by atoms with Crippen molar-refractivity contribution in [1.82, 2.24) is 29.5 Å². The number of nitrogens with zero attached hydrogens (tertiary/aromatic N) is 5. The predicted octanol–water partition coefficient (Wildman–Crippen LogP) is 1.83. The summed E-state index contributed by atoms with van der Waals surface area (Å²) in [5, 5.41) is 7.39. The quantitative estimate of drug-likeness (QED) is 0.426. The van der Waals surface area contributed by atoms with Crippen LogP contribution in [0, 0.1) is 0 Å². The lowest BCUT2D eigenvalue weighted by Crippen LogP contribution is -2.51. The van der Waals surface area contributed by atoms with Crippen LogP contribution in [0.3, 0.4) is 0 Å². The first-order valence-electron chi connectivity index (χ1n) is 12.0. The summed E-state index contributed by atoms with van der Waals surface area (Å²) in [6.07, 6.45) is 5.09. The Kier molecular flexibility index (Phi) is 6.68. The zero-order chi connectivity index (χ0) is 25.1. The van der Waals surface area contributed by atoms with Gasteiger partial charge in [-0.25, -0.2) is 0 Å². The summed E-state index contributed by atoms with van der Waals surface area (Å²) in [6, 6.07) is 12.8. The number of rotatable bonds is 7. The van der Waals surface area contributed by atoms with Gasteiger partial charge in [-0.2, -0.15) is 9.78 Å². The van der Waals surface area contributed by atoms with Gasteiger partial charge in [0.05, 0.1) is 36.2 Å². The molecule has 0 radical (unpaired) electrons. The number of carbonyl (C=O) groups is 2. The third-order valence-electron chi connectivity index (χ3n) is 6.39. The second-order valence-corrected chi connectivity index (χ2v) is 8.74. The van der Waals surface area contributed by atoms with Gasteiger partial charge in [0.15, 0.2) is 0 Å². The topological polar surface area (TPSA) is 106 Å². The van der Waals surface area contributed by atoms with E-state index in [9.17, 15) is 14.4 Å². The van der Waals surface area contributed by atoms with Gasteiger partial charge in [-0.3, -0.25) is 19.3 Å². The number of piperazine rings is 1. The molecule has 186 valence electrons. The van der Waals surface area contributed by atoms with Crippen LogP contribution in [0.2, 0.25) is 0 Å². The Balaban J connectivity index is 1.29. The van der Waals surface area contributed by atoms with Crippen LogP contribution in [-0.4, -0.2) is 68.7 Å². The number of pyridine rings is 1. The fourth-order valence-electron chi connectivity index (χ4n) is 4.38. The average molecular weight is 489 g/mol. The van der Waals surface area contributed by atoms with Gasteiger partial charge in [0.2, 0.25) is 5.91 Å². The highest BCUT2D eigenvalue weighted by atomic mass is 16.3. The summed E-state index contributed by atoms with van der Waals surface area (Å²) in [5.41, 5.74) is 1.62. The van der Waals surface area contributed by atoms with Gasteiger partial charge < -0.3 is 19.2 Å². The molecule has 3 aliphatic rings. The molecular formula is C26H28N6O4. The van der Waals surface area contributed by atoms with E-state index >= 15 is 0 Å². The fourth-order valence-corrected chi connectivity index (χ4v) is 4.38. The summed E-state index contributed by atoms with van der Waals surface area (Å²) in [6.45, 7) is 5.31. The van der Waals surface area contributed by atoms with E-state index in [1.165, 1.54) is 4.68 Å². The van der Waals surface area contributed by atoms with Gasteiger partial charge in [-0.05, 0) is 31.2 Å². The van der Waals surface area contributed by atoms with Crippen molar-refractivity contribution < 1.29 is 14.0 Å². The van der Waals surface area contributed by atoms with E-state index in [4.69, 9.17) is 4.42 Å². The minimum Gasteiger partial charge on any atom is -0.467 e. The Morgan fingerprint density at radius 3 is 2.50 bits per heavy atom. The molecule has 4 heterocycles. The van der Waals surface area contributed by atoms with E-state index < -0.39 is 0 Å². The molecule has 0 saturated carbocycles. The molecule has 0 bridgehead atoms. The lowest BCUT2D eigenvalue weighted by Gasteiger charge is -2.34. The Labute approximate surface area is 208 Å². The molecule has 0 unspecified atom stereocenters.